The molecule has 0 spiro atoms. The molecule has 0 bridgehead atoms. The Kier molecular flexibility index (Phi) is 4.55. The van der Waals surface area contributed by atoms with Crippen LogP contribution in [0.2, 0.25) is 0 Å². The fourth-order valence-corrected chi connectivity index (χ4v) is 2.38. The predicted octanol–water partition coefficient (Wildman–Crippen LogP) is 2.66. The Hall–Kier alpha value is -1.57. The van der Waals surface area contributed by atoms with Gasteiger partial charge in [-0.05, 0) is 12.8 Å². The van der Waals surface area contributed by atoms with Crippen LogP contribution in [-0.2, 0) is 0 Å². The van der Waals surface area contributed by atoms with Gasteiger partial charge >= 0.3 is 6.18 Å². The van der Waals surface area contributed by atoms with Gasteiger partial charge in [-0.2, -0.15) is 13.2 Å². The molecule has 3 N–H and O–H groups in total. The second kappa shape index (κ2) is 6.05. The number of nitrogens with two attached hydrogens (primary N) is 1. The summed E-state index contributed by atoms with van der Waals surface area (Å²) in [6, 6.07) is 1.67. The van der Waals surface area contributed by atoms with Crippen molar-refractivity contribution in [3.63, 3.8) is 0 Å². The molecule has 0 aromatic carbocycles. The molecule has 1 fully saturated rings. The summed E-state index contributed by atoms with van der Waals surface area (Å²) in [6.45, 7) is 4.58. The quantitative estimate of drug-likeness (QED) is 0.664. The Morgan fingerprint density at radius 2 is 1.90 bits per heavy atom. The molecule has 0 radical (unpaired) electrons. The molecule has 5 nitrogen and oxygen atoms in total. The number of alkyl halides is 3. The van der Waals surface area contributed by atoms with E-state index in [0.29, 0.717) is 30.5 Å². The van der Waals surface area contributed by atoms with Gasteiger partial charge in [-0.3, -0.25) is 0 Å². The molecule has 8 heteroatoms. The molecule has 1 aromatic heterocycles. The van der Waals surface area contributed by atoms with Crippen molar-refractivity contribution in [2.45, 2.75) is 38.8 Å². The Balaban J connectivity index is 2.14. The number of hydrogen-bond donors (Lipinski definition) is 2. The predicted molar refractivity (Wildman–Crippen MR) is 74.9 cm³/mol. The van der Waals surface area contributed by atoms with Crippen molar-refractivity contribution in [3.05, 3.63) is 11.9 Å². The lowest BCUT2D eigenvalue weighted by molar-refractivity contribution is -0.179. The molecule has 1 aliphatic heterocycles. The van der Waals surface area contributed by atoms with Crippen LogP contribution in [0.15, 0.2) is 6.07 Å². The topological polar surface area (TPSA) is 67.1 Å². The molecule has 0 saturated carbocycles. The Morgan fingerprint density at radius 3 is 2.38 bits per heavy atom. The van der Waals surface area contributed by atoms with Crippen molar-refractivity contribution in [3.8, 4) is 0 Å². The van der Waals surface area contributed by atoms with E-state index < -0.39 is 12.1 Å². The number of aromatic nitrogens is 2. The number of anilines is 2. The van der Waals surface area contributed by atoms with Crippen LogP contribution in [0.3, 0.4) is 0 Å². The Bertz CT molecular complexity index is 481. The van der Waals surface area contributed by atoms with E-state index in [0.717, 1.165) is 0 Å². The van der Waals surface area contributed by atoms with E-state index in [1.54, 1.807) is 6.07 Å². The lowest BCUT2D eigenvalue weighted by atomic mass is 9.96. The van der Waals surface area contributed by atoms with E-state index in [1.165, 1.54) is 0 Å². The van der Waals surface area contributed by atoms with Gasteiger partial charge in [0, 0.05) is 25.1 Å². The minimum Gasteiger partial charge on any atom is -0.356 e. The highest BCUT2D eigenvalue weighted by molar-refractivity contribution is 5.49. The normalized spacial score (nSPS) is 17.4. The van der Waals surface area contributed by atoms with E-state index >= 15 is 0 Å². The molecule has 0 atom stereocenters. The maximum atomic E-state index is 12.7. The molecule has 0 unspecified atom stereocenters. The Morgan fingerprint density at radius 1 is 1.29 bits per heavy atom. The van der Waals surface area contributed by atoms with Crippen LogP contribution in [0, 0.1) is 5.92 Å². The zero-order chi connectivity index (χ0) is 15.6. The molecule has 0 aliphatic carbocycles. The second-order valence-corrected chi connectivity index (χ2v) is 5.57. The van der Waals surface area contributed by atoms with Crippen molar-refractivity contribution in [1.82, 2.24) is 9.97 Å². The van der Waals surface area contributed by atoms with E-state index in [4.69, 9.17) is 5.84 Å². The molecule has 21 heavy (non-hydrogen) atoms. The highest BCUT2D eigenvalue weighted by Gasteiger charge is 2.41. The summed E-state index contributed by atoms with van der Waals surface area (Å²) in [5.41, 5.74) is 2.48. The average molecular weight is 303 g/mol. The average Bonchev–Trinajstić information content (AvgIpc) is 2.46. The third-order valence-electron chi connectivity index (χ3n) is 3.68. The molecule has 0 amide bonds. The standard InChI is InChI=1S/C13H20F3N5/c1-8(2)12-18-10(20-17)7-11(19-12)21-5-3-9(4-6-21)13(14,15)16/h7-9H,3-6,17H2,1-2H3,(H,18,19,20). The monoisotopic (exact) mass is 303 g/mol. The summed E-state index contributed by atoms with van der Waals surface area (Å²) in [6.07, 6.45) is -3.92. The summed E-state index contributed by atoms with van der Waals surface area (Å²) in [5.74, 6) is 6.01. The van der Waals surface area contributed by atoms with E-state index in [9.17, 15) is 13.2 Å². The first-order valence-electron chi connectivity index (χ1n) is 6.98. The van der Waals surface area contributed by atoms with Crippen molar-refractivity contribution in [2.75, 3.05) is 23.4 Å². The highest BCUT2D eigenvalue weighted by atomic mass is 19.4. The van der Waals surface area contributed by atoms with Gasteiger partial charge in [0.1, 0.15) is 17.5 Å². The molecule has 1 saturated heterocycles. The zero-order valence-electron chi connectivity index (χ0n) is 12.1. The van der Waals surface area contributed by atoms with Crippen LogP contribution in [0.1, 0.15) is 38.4 Å². The van der Waals surface area contributed by atoms with Gasteiger partial charge in [0.25, 0.3) is 0 Å². The third kappa shape index (κ3) is 3.75. The smallest absolute Gasteiger partial charge is 0.356 e. The summed E-state index contributed by atoms with van der Waals surface area (Å²) in [7, 11) is 0. The minimum atomic E-state index is -4.11. The van der Waals surface area contributed by atoms with E-state index in [2.05, 4.69) is 15.4 Å². The minimum absolute atomic E-state index is 0.0932. The van der Waals surface area contributed by atoms with Gasteiger partial charge in [0.05, 0.1) is 5.92 Å². The van der Waals surface area contributed by atoms with Crippen molar-refractivity contribution < 1.29 is 13.2 Å². The summed E-state index contributed by atoms with van der Waals surface area (Å²) < 4.78 is 38.1. The number of nitrogens with one attached hydrogen (secondary N) is 1. The number of piperidine rings is 1. The second-order valence-electron chi connectivity index (χ2n) is 5.57. The number of nitrogens with zero attached hydrogens (tertiary/aromatic N) is 3. The number of hydrazine groups is 1. The number of nitrogen functional groups attached to an aromatic ring is 1. The van der Waals surface area contributed by atoms with Crippen molar-refractivity contribution in [2.24, 2.45) is 11.8 Å². The fraction of sp³-hybridized carbons (Fsp3) is 0.692. The number of halogens is 3. The van der Waals surface area contributed by atoms with Gasteiger partial charge in [-0.15, -0.1) is 0 Å². The van der Waals surface area contributed by atoms with Crippen molar-refractivity contribution in [1.29, 1.82) is 0 Å². The van der Waals surface area contributed by atoms with Crippen LogP contribution in [-0.4, -0.2) is 29.2 Å². The zero-order valence-corrected chi connectivity index (χ0v) is 12.1. The van der Waals surface area contributed by atoms with Gasteiger partial charge in [0.15, 0.2) is 0 Å². The van der Waals surface area contributed by atoms with Gasteiger partial charge < -0.3 is 10.3 Å². The molecule has 118 valence electrons. The maximum absolute atomic E-state index is 12.7. The fourth-order valence-electron chi connectivity index (χ4n) is 2.38. The third-order valence-corrected chi connectivity index (χ3v) is 3.68. The van der Waals surface area contributed by atoms with Gasteiger partial charge in [-0.1, -0.05) is 13.8 Å². The maximum Gasteiger partial charge on any atom is 0.391 e. The SMILES string of the molecule is CC(C)c1nc(NN)cc(N2CCC(C(F)(F)F)CC2)n1. The summed E-state index contributed by atoms with van der Waals surface area (Å²) >= 11 is 0. The Labute approximate surface area is 121 Å². The highest BCUT2D eigenvalue weighted by Crippen LogP contribution is 2.35. The molecular weight excluding hydrogens is 283 g/mol. The van der Waals surface area contributed by atoms with Crippen LogP contribution in [0.25, 0.3) is 0 Å². The van der Waals surface area contributed by atoms with Gasteiger partial charge in [-0.25, -0.2) is 15.8 Å². The van der Waals surface area contributed by atoms with Crippen LogP contribution in [0.5, 0.6) is 0 Å². The molecule has 1 aromatic rings. The van der Waals surface area contributed by atoms with Crippen LogP contribution >= 0.6 is 0 Å². The lowest BCUT2D eigenvalue weighted by Crippen LogP contribution is -2.39. The molecule has 1 aliphatic rings. The van der Waals surface area contributed by atoms with Crippen LogP contribution in [0.4, 0.5) is 24.8 Å². The van der Waals surface area contributed by atoms with E-state index in [-0.39, 0.29) is 18.8 Å². The first kappa shape index (κ1) is 15.8. The molecule has 2 heterocycles. The summed E-state index contributed by atoms with van der Waals surface area (Å²) in [4.78, 5) is 10.5. The first-order chi connectivity index (χ1) is 9.81. The summed E-state index contributed by atoms with van der Waals surface area (Å²) in [5, 5.41) is 0. The van der Waals surface area contributed by atoms with Crippen LogP contribution < -0.4 is 16.2 Å². The number of rotatable bonds is 3. The van der Waals surface area contributed by atoms with Gasteiger partial charge in [0.2, 0.25) is 0 Å². The molecule has 2 rings (SSSR count). The largest absolute Gasteiger partial charge is 0.391 e. The van der Waals surface area contributed by atoms with Crippen molar-refractivity contribution >= 4 is 11.6 Å². The first-order valence-corrected chi connectivity index (χ1v) is 6.98. The molecular formula is C13H20F3N5. The number of hydrogen-bond acceptors (Lipinski definition) is 5. The van der Waals surface area contributed by atoms with E-state index in [1.807, 2.05) is 18.7 Å². The lowest BCUT2D eigenvalue weighted by Gasteiger charge is -2.34.